The molecule has 0 aromatic heterocycles. The SMILES string of the molecule is COc1ccc(F)cc1N(C(=O)O)C(C)C. The quantitative estimate of drug-likeness (QED) is 0.863. The van der Waals surface area contributed by atoms with Gasteiger partial charge in [0, 0.05) is 12.1 Å². The van der Waals surface area contributed by atoms with Crippen molar-refractivity contribution in [3.8, 4) is 5.75 Å². The number of hydrogen-bond acceptors (Lipinski definition) is 2. The molecule has 1 aromatic rings. The minimum atomic E-state index is -1.14. The second-order valence-electron chi connectivity index (χ2n) is 3.56. The summed E-state index contributed by atoms with van der Waals surface area (Å²) in [7, 11) is 1.41. The fraction of sp³-hybridized carbons (Fsp3) is 0.364. The zero-order valence-electron chi connectivity index (χ0n) is 9.40. The van der Waals surface area contributed by atoms with Crippen LogP contribution in [0.15, 0.2) is 18.2 Å². The molecule has 1 amide bonds. The number of methoxy groups -OCH3 is 1. The average Bonchev–Trinajstić information content (AvgIpc) is 2.17. The fourth-order valence-corrected chi connectivity index (χ4v) is 1.45. The van der Waals surface area contributed by atoms with Gasteiger partial charge in [0.2, 0.25) is 0 Å². The highest BCUT2D eigenvalue weighted by Gasteiger charge is 2.22. The molecule has 1 rings (SSSR count). The minimum Gasteiger partial charge on any atom is -0.495 e. The van der Waals surface area contributed by atoms with Gasteiger partial charge in [-0.25, -0.2) is 9.18 Å². The first kappa shape index (κ1) is 12.3. The van der Waals surface area contributed by atoms with Gasteiger partial charge in [0.15, 0.2) is 0 Å². The van der Waals surface area contributed by atoms with Crippen LogP contribution in [0.1, 0.15) is 13.8 Å². The molecular formula is C11H14FNO3. The van der Waals surface area contributed by atoms with Crippen LogP contribution in [-0.2, 0) is 0 Å². The second-order valence-corrected chi connectivity index (χ2v) is 3.56. The van der Waals surface area contributed by atoms with Gasteiger partial charge in [0.25, 0.3) is 0 Å². The standard InChI is InChI=1S/C11H14FNO3/c1-7(2)13(11(14)15)9-6-8(12)4-5-10(9)16-3/h4-7H,1-3H3,(H,14,15). The highest BCUT2D eigenvalue weighted by Crippen LogP contribution is 2.30. The predicted molar refractivity (Wildman–Crippen MR) is 58.6 cm³/mol. The molecule has 0 heterocycles. The first-order valence-corrected chi connectivity index (χ1v) is 4.83. The Labute approximate surface area is 93.3 Å². The number of carbonyl (C=O) groups is 1. The van der Waals surface area contributed by atoms with E-state index in [1.807, 2.05) is 0 Å². The van der Waals surface area contributed by atoms with Crippen LogP contribution < -0.4 is 9.64 Å². The summed E-state index contributed by atoms with van der Waals surface area (Å²) in [5.41, 5.74) is 0.213. The van der Waals surface area contributed by atoms with E-state index in [1.54, 1.807) is 13.8 Å². The fourth-order valence-electron chi connectivity index (χ4n) is 1.45. The van der Waals surface area contributed by atoms with Crippen LogP contribution in [0, 0.1) is 5.82 Å². The first-order chi connectivity index (χ1) is 7.47. The number of carboxylic acid groups (broad SMARTS) is 1. The highest BCUT2D eigenvalue weighted by atomic mass is 19.1. The zero-order chi connectivity index (χ0) is 12.3. The van der Waals surface area contributed by atoms with Crippen LogP contribution in [0.25, 0.3) is 0 Å². The molecule has 0 fully saturated rings. The van der Waals surface area contributed by atoms with Crippen molar-refractivity contribution in [2.45, 2.75) is 19.9 Å². The van der Waals surface area contributed by atoms with E-state index in [-0.39, 0.29) is 11.7 Å². The smallest absolute Gasteiger partial charge is 0.412 e. The number of amides is 1. The first-order valence-electron chi connectivity index (χ1n) is 4.83. The van der Waals surface area contributed by atoms with Crippen molar-refractivity contribution in [3.05, 3.63) is 24.0 Å². The molecule has 1 N–H and O–H groups in total. The number of halogens is 1. The lowest BCUT2D eigenvalue weighted by Crippen LogP contribution is -2.36. The lowest BCUT2D eigenvalue weighted by molar-refractivity contribution is 0.199. The summed E-state index contributed by atoms with van der Waals surface area (Å²) in [6.07, 6.45) is -1.14. The summed E-state index contributed by atoms with van der Waals surface area (Å²) >= 11 is 0. The van der Waals surface area contributed by atoms with Gasteiger partial charge in [0.1, 0.15) is 11.6 Å². The molecule has 0 saturated heterocycles. The van der Waals surface area contributed by atoms with Crippen LogP contribution in [0.5, 0.6) is 5.75 Å². The van der Waals surface area contributed by atoms with E-state index in [2.05, 4.69) is 0 Å². The van der Waals surface area contributed by atoms with Crippen molar-refractivity contribution in [2.75, 3.05) is 12.0 Å². The normalized spacial score (nSPS) is 10.3. The third kappa shape index (κ3) is 2.42. The number of nitrogens with zero attached hydrogens (tertiary/aromatic N) is 1. The molecule has 0 aliphatic carbocycles. The number of benzene rings is 1. The summed E-state index contributed by atoms with van der Waals surface area (Å²) < 4.78 is 18.1. The second kappa shape index (κ2) is 4.83. The Morgan fingerprint density at radius 1 is 1.50 bits per heavy atom. The minimum absolute atomic E-state index is 0.213. The van der Waals surface area contributed by atoms with Crippen molar-refractivity contribution in [2.24, 2.45) is 0 Å². The van der Waals surface area contributed by atoms with E-state index in [4.69, 9.17) is 9.84 Å². The van der Waals surface area contributed by atoms with E-state index in [0.717, 1.165) is 11.0 Å². The molecule has 0 unspecified atom stereocenters. The van der Waals surface area contributed by atoms with Gasteiger partial charge in [-0.2, -0.15) is 0 Å². The Morgan fingerprint density at radius 3 is 2.56 bits per heavy atom. The molecule has 16 heavy (non-hydrogen) atoms. The van der Waals surface area contributed by atoms with Crippen molar-refractivity contribution < 1.29 is 19.0 Å². The molecule has 0 aliphatic heterocycles. The zero-order valence-corrected chi connectivity index (χ0v) is 9.40. The lowest BCUT2D eigenvalue weighted by Gasteiger charge is -2.25. The van der Waals surface area contributed by atoms with Crippen LogP contribution >= 0.6 is 0 Å². The van der Waals surface area contributed by atoms with Crippen molar-refractivity contribution in [1.29, 1.82) is 0 Å². The van der Waals surface area contributed by atoms with Crippen molar-refractivity contribution in [3.63, 3.8) is 0 Å². The van der Waals surface area contributed by atoms with Gasteiger partial charge in [0.05, 0.1) is 12.8 Å². The number of ether oxygens (including phenoxy) is 1. The molecule has 1 aromatic carbocycles. The maximum Gasteiger partial charge on any atom is 0.412 e. The Hall–Kier alpha value is -1.78. The van der Waals surface area contributed by atoms with E-state index in [1.165, 1.54) is 19.2 Å². The highest BCUT2D eigenvalue weighted by molar-refractivity contribution is 5.88. The predicted octanol–water partition coefficient (Wildman–Crippen LogP) is 2.73. The molecule has 0 aliphatic rings. The van der Waals surface area contributed by atoms with Crippen molar-refractivity contribution >= 4 is 11.8 Å². The van der Waals surface area contributed by atoms with Crippen LogP contribution in [-0.4, -0.2) is 24.4 Å². The Bertz CT molecular complexity index is 393. The van der Waals surface area contributed by atoms with Gasteiger partial charge in [-0.15, -0.1) is 0 Å². The molecule has 4 nitrogen and oxygen atoms in total. The van der Waals surface area contributed by atoms with Crippen molar-refractivity contribution in [1.82, 2.24) is 0 Å². The average molecular weight is 227 g/mol. The van der Waals surface area contributed by atoms with Gasteiger partial charge in [-0.05, 0) is 26.0 Å². The maximum atomic E-state index is 13.1. The number of rotatable bonds is 3. The molecule has 0 radical (unpaired) electrons. The third-order valence-electron chi connectivity index (χ3n) is 2.12. The van der Waals surface area contributed by atoms with E-state index in [9.17, 15) is 9.18 Å². The third-order valence-corrected chi connectivity index (χ3v) is 2.12. The monoisotopic (exact) mass is 227 g/mol. The summed E-state index contributed by atoms with van der Waals surface area (Å²) in [6.45, 7) is 3.41. The molecular weight excluding hydrogens is 213 g/mol. The maximum absolute atomic E-state index is 13.1. The summed E-state index contributed by atoms with van der Waals surface area (Å²) in [4.78, 5) is 12.1. The van der Waals surface area contributed by atoms with Gasteiger partial charge >= 0.3 is 6.09 Å². The largest absolute Gasteiger partial charge is 0.495 e. The molecule has 88 valence electrons. The molecule has 0 bridgehead atoms. The van der Waals surface area contributed by atoms with E-state index < -0.39 is 11.9 Å². The van der Waals surface area contributed by atoms with Gasteiger partial charge < -0.3 is 9.84 Å². The Kier molecular flexibility index (Phi) is 3.71. The van der Waals surface area contributed by atoms with Crippen LogP contribution in [0.4, 0.5) is 14.9 Å². The number of hydrogen-bond donors (Lipinski definition) is 1. The Balaban J connectivity index is 3.26. The topological polar surface area (TPSA) is 49.8 Å². The summed E-state index contributed by atoms with van der Waals surface area (Å²) in [5.74, 6) is -0.166. The molecule has 0 atom stereocenters. The van der Waals surface area contributed by atoms with Crippen LogP contribution in [0.3, 0.4) is 0 Å². The molecule has 0 spiro atoms. The molecule has 5 heteroatoms. The number of anilines is 1. The van der Waals surface area contributed by atoms with Gasteiger partial charge in [-0.1, -0.05) is 0 Å². The van der Waals surface area contributed by atoms with E-state index in [0.29, 0.717) is 5.75 Å². The van der Waals surface area contributed by atoms with Gasteiger partial charge in [-0.3, -0.25) is 4.90 Å². The Morgan fingerprint density at radius 2 is 2.12 bits per heavy atom. The summed E-state index contributed by atoms with van der Waals surface area (Å²) in [5, 5.41) is 9.06. The molecule has 0 saturated carbocycles. The lowest BCUT2D eigenvalue weighted by atomic mass is 10.2. The summed E-state index contributed by atoms with van der Waals surface area (Å²) in [6, 6.07) is 3.48. The van der Waals surface area contributed by atoms with E-state index >= 15 is 0 Å². The van der Waals surface area contributed by atoms with Crippen LogP contribution in [0.2, 0.25) is 0 Å².